The Balaban J connectivity index is 1.62. The molecule has 3 heterocycles. The Kier molecular flexibility index (Phi) is 55.6. The monoisotopic (exact) mass is 1730 g/mol. The summed E-state index contributed by atoms with van der Waals surface area (Å²) in [6.07, 6.45) is -7.49. The van der Waals surface area contributed by atoms with E-state index >= 15 is 0 Å². The molecule has 0 aromatic rings. The topological polar surface area (TPSA) is 603 Å². The number of ether oxygens (including phenoxy) is 12. The van der Waals surface area contributed by atoms with Crippen molar-refractivity contribution in [3.63, 3.8) is 0 Å². The number of phosphoric acid groups is 4. The standard InChI is InChI=1S/C66H129N3O40P4/c1-48(73)67-55-58(77)52(76)43-99-63(55)96-28-11-5-8-14-31-100-110(82,83)103-35-19-25-93-44-66(47-107-113(88,89)106-34-18-24-92-42-51(38-70)41-91-23-17-22-90-4,45-94-26-20-36-104-111(84,85)101-32-15-9-6-12-29-97-64-56(68-49(2)74)61(80)59(78)53(39-71)108-64)46-95-27-21-37-105-112(86,87)102-33-16-10-7-13-30-98-65-57(69-50(3)75)62(81)60(79)54(40-72)109-65/h51-65,70-72,76-81H,5-47H2,1-4H3,(H,67,73)(H,68,74)(H,69,75)(H,82,83)(H,84,85)(H,86,87)(H,88,89)/t51?,52-,53?,54?,55?,56-,57-,58-,59-,60-,61?,62?,63+,64+,65+,66?/m0/s1. The third-order valence-corrected chi connectivity index (χ3v) is 21.2. The molecule has 16 N–H and O–H groups in total. The largest absolute Gasteiger partial charge is 0.472 e. The molecule has 3 fully saturated rings. The molecular weight excluding hydrogens is 1600 g/mol. The molecule has 113 heavy (non-hydrogen) atoms. The zero-order chi connectivity index (χ0) is 83.6. The molecular formula is C66H129N3O40P4. The second-order valence-corrected chi connectivity index (χ2v) is 33.1. The number of amides is 3. The van der Waals surface area contributed by atoms with Crippen LogP contribution in [0.1, 0.15) is 130 Å². The first-order valence-corrected chi connectivity index (χ1v) is 44.2. The summed E-state index contributed by atoms with van der Waals surface area (Å²) >= 11 is 0. The molecule has 3 aliphatic rings. The lowest BCUT2D eigenvalue weighted by Gasteiger charge is -2.42. The fourth-order valence-corrected chi connectivity index (χ4v) is 14.4. The summed E-state index contributed by atoms with van der Waals surface area (Å²) in [5.41, 5.74) is -1.50. The Morgan fingerprint density at radius 3 is 1.01 bits per heavy atom. The molecule has 3 rings (SSSR count). The molecule has 3 aliphatic heterocycles. The molecule has 0 radical (unpaired) electrons. The Bertz CT molecular complexity index is 2620. The van der Waals surface area contributed by atoms with E-state index in [1.54, 1.807) is 7.11 Å². The maximum atomic E-state index is 13.5. The van der Waals surface area contributed by atoms with E-state index in [-0.39, 0.29) is 170 Å². The number of hydrogen-bond acceptors (Lipinski definition) is 36. The molecule has 0 bridgehead atoms. The Morgan fingerprint density at radius 2 is 0.681 bits per heavy atom. The van der Waals surface area contributed by atoms with Crippen LogP contribution in [0.2, 0.25) is 0 Å². The molecule has 3 amide bonds. The van der Waals surface area contributed by atoms with E-state index in [9.17, 15) is 98.2 Å². The highest BCUT2D eigenvalue weighted by Crippen LogP contribution is 2.47. The number of aliphatic hydroxyl groups is 9. The van der Waals surface area contributed by atoms with Crippen LogP contribution in [-0.2, 0) is 126 Å². The molecule has 668 valence electrons. The zero-order valence-electron chi connectivity index (χ0n) is 65.2. The average molecular weight is 1730 g/mol. The highest BCUT2D eigenvalue weighted by atomic mass is 31.2. The van der Waals surface area contributed by atoms with Gasteiger partial charge in [0.15, 0.2) is 18.9 Å². The minimum atomic E-state index is -4.90. The van der Waals surface area contributed by atoms with E-state index in [0.717, 1.165) is 0 Å². The molecule has 0 aliphatic carbocycles. The van der Waals surface area contributed by atoms with Gasteiger partial charge in [-0.3, -0.25) is 50.6 Å². The van der Waals surface area contributed by atoms with Crippen molar-refractivity contribution in [1.29, 1.82) is 0 Å². The average Bonchev–Trinajstić information content (AvgIpc) is 0.809. The molecule has 0 saturated carbocycles. The van der Waals surface area contributed by atoms with Gasteiger partial charge >= 0.3 is 31.3 Å². The van der Waals surface area contributed by atoms with Gasteiger partial charge in [0.05, 0.1) is 118 Å². The number of aliphatic hydroxyl groups excluding tert-OH is 9. The van der Waals surface area contributed by atoms with Crippen molar-refractivity contribution in [3.05, 3.63) is 0 Å². The molecule has 0 aromatic heterocycles. The minimum absolute atomic E-state index is 0.00180. The van der Waals surface area contributed by atoms with Crippen LogP contribution in [0.5, 0.6) is 0 Å². The lowest BCUT2D eigenvalue weighted by atomic mass is 9.92. The highest BCUT2D eigenvalue weighted by Gasteiger charge is 2.47. The van der Waals surface area contributed by atoms with Gasteiger partial charge in [-0.2, -0.15) is 0 Å². The first kappa shape index (κ1) is 105. The summed E-state index contributed by atoms with van der Waals surface area (Å²) in [7, 11) is -17.1. The van der Waals surface area contributed by atoms with Gasteiger partial charge in [0, 0.05) is 93.3 Å². The molecule has 43 nitrogen and oxygen atoms in total. The number of rotatable bonds is 70. The van der Waals surface area contributed by atoms with E-state index in [2.05, 4.69) is 16.0 Å². The van der Waals surface area contributed by atoms with Crippen molar-refractivity contribution in [2.24, 2.45) is 11.3 Å². The number of carbonyl (C=O) groups is 3. The SMILES string of the molecule is COCCCOCC(CO)COCCCOP(=O)(O)OCC(COCCCOP(=O)(O)OCCCCCCO[C@@H]1OC[C@H](O)[C@H](O)C1NC(C)=O)(COCCCOP(=O)(O)OCCCCCCO[C@@H]1OC(CO)[C@H](O)C(O)[C@@H]1NC(C)=O)COCCCOP(=O)(O)OCCCCCCO[C@@H]1OC(CO)[C@H](O)C(O)[C@@H]1NC(C)=O. The van der Waals surface area contributed by atoms with Crippen molar-refractivity contribution < 1.29 is 191 Å². The number of unbranched alkanes of at least 4 members (excludes halogenated alkanes) is 9. The zero-order valence-corrected chi connectivity index (χ0v) is 68.8. The summed E-state index contributed by atoms with van der Waals surface area (Å²) in [5.74, 6) is -1.80. The van der Waals surface area contributed by atoms with Crippen LogP contribution in [0.25, 0.3) is 0 Å². The van der Waals surface area contributed by atoms with Gasteiger partial charge in [-0.1, -0.05) is 38.5 Å². The minimum Gasteiger partial charge on any atom is -0.396 e. The van der Waals surface area contributed by atoms with Gasteiger partial charge < -0.3 is 138 Å². The number of nitrogens with one attached hydrogen (secondary N) is 3. The van der Waals surface area contributed by atoms with Gasteiger partial charge in [0.2, 0.25) is 17.7 Å². The molecule has 0 spiro atoms. The molecule has 19 atom stereocenters. The predicted molar refractivity (Wildman–Crippen MR) is 392 cm³/mol. The second-order valence-electron chi connectivity index (χ2n) is 27.3. The van der Waals surface area contributed by atoms with Crippen LogP contribution >= 0.6 is 31.3 Å². The van der Waals surface area contributed by atoms with Crippen LogP contribution in [0.15, 0.2) is 0 Å². The summed E-state index contributed by atoms with van der Waals surface area (Å²) in [6.45, 7) is -0.256. The van der Waals surface area contributed by atoms with Gasteiger partial charge in [0.1, 0.15) is 67.0 Å². The van der Waals surface area contributed by atoms with Crippen LogP contribution < -0.4 is 16.0 Å². The van der Waals surface area contributed by atoms with E-state index in [0.29, 0.717) is 96.7 Å². The highest BCUT2D eigenvalue weighted by molar-refractivity contribution is 7.48. The predicted octanol–water partition coefficient (Wildman–Crippen LogP) is -0.00320. The van der Waals surface area contributed by atoms with E-state index in [1.165, 1.54) is 20.8 Å². The fraction of sp³-hybridized carbons (Fsp3) is 0.955. The van der Waals surface area contributed by atoms with Crippen molar-refractivity contribution in [2.45, 2.75) is 216 Å². The van der Waals surface area contributed by atoms with Crippen molar-refractivity contribution >= 4 is 49.0 Å². The van der Waals surface area contributed by atoms with Crippen LogP contribution in [0.4, 0.5) is 0 Å². The van der Waals surface area contributed by atoms with E-state index < -0.39 is 160 Å². The van der Waals surface area contributed by atoms with Crippen LogP contribution in [0.3, 0.4) is 0 Å². The first-order valence-electron chi connectivity index (χ1n) is 38.2. The van der Waals surface area contributed by atoms with E-state index in [1.807, 2.05) is 0 Å². The maximum absolute atomic E-state index is 13.5. The summed E-state index contributed by atoms with van der Waals surface area (Å²) in [6, 6.07) is -3.19. The second kappa shape index (κ2) is 59.7. The third-order valence-electron chi connectivity index (χ3n) is 17.2. The van der Waals surface area contributed by atoms with Gasteiger partial charge in [-0.25, -0.2) is 18.3 Å². The summed E-state index contributed by atoms with van der Waals surface area (Å²) in [4.78, 5) is 77.5. The quantitative estimate of drug-likeness (QED) is 0.0281. The van der Waals surface area contributed by atoms with Gasteiger partial charge in [-0.15, -0.1) is 0 Å². The Morgan fingerprint density at radius 1 is 0.381 bits per heavy atom. The fourth-order valence-electron chi connectivity index (χ4n) is 11.2. The first-order chi connectivity index (χ1) is 53.8. The number of carbonyl (C=O) groups excluding carboxylic acids is 3. The van der Waals surface area contributed by atoms with Crippen molar-refractivity contribution in [1.82, 2.24) is 16.0 Å². The van der Waals surface area contributed by atoms with Crippen LogP contribution in [0, 0.1) is 11.3 Å². The number of phosphoric ester groups is 4. The molecule has 0 aromatic carbocycles. The van der Waals surface area contributed by atoms with Gasteiger partial charge in [0.25, 0.3) is 0 Å². The normalized spacial score (nSPS) is 26.5. The lowest BCUT2D eigenvalue weighted by Crippen LogP contribution is -2.64. The number of methoxy groups -OCH3 is 1. The Labute approximate surface area is 659 Å². The van der Waals surface area contributed by atoms with E-state index in [4.69, 9.17) is 93.0 Å². The summed E-state index contributed by atoms with van der Waals surface area (Å²) < 4.78 is 162. The number of hydrogen-bond donors (Lipinski definition) is 16. The van der Waals surface area contributed by atoms with Gasteiger partial charge in [-0.05, 0) is 70.6 Å². The smallest absolute Gasteiger partial charge is 0.396 e. The maximum Gasteiger partial charge on any atom is 0.472 e. The summed E-state index contributed by atoms with van der Waals surface area (Å²) in [5, 5.41) is 98.3. The third kappa shape index (κ3) is 46.6. The molecule has 10 unspecified atom stereocenters. The lowest BCUT2D eigenvalue weighted by molar-refractivity contribution is -0.270. The molecule has 3 saturated heterocycles. The van der Waals surface area contributed by atoms with Crippen molar-refractivity contribution in [3.8, 4) is 0 Å². The molecule has 47 heteroatoms. The Hall–Kier alpha value is -1.99. The van der Waals surface area contributed by atoms with Crippen LogP contribution in [-0.4, -0.2) is 348 Å². The van der Waals surface area contributed by atoms with Crippen molar-refractivity contribution in [2.75, 3.05) is 179 Å².